The maximum Gasteiger partial charge on any atom is 0.342 e. The summed E-state index contributed by atoms with van der Waals surface area (Å²) in [6, 6.07) is 0. The minimum atomic E-state index is -0.582. The van der Waals surface area contributed by atoms with E-state index in [4.69, 9.17) is 0 Å². The Balaban J connectivity index is 2.81. The van der Waals surface area contributed by atoms with Crippen LogP contribution >= 0.6 is 31.9 Å². The van der Waals surface area contributed by atoms with Gasteiger partial charge in [-0.2, -0.15) is 0 Å². The SMILES string of the molecule is COC(=O)/C(=C\N(C)C)C(=O)C1CC1C=C(Br)Br. The first-order valence-corrected chi connectivity index (χ1v) is 6.99. The normalized spacial score (nSPS) is 22.2. The molecule has 0 spiro atoms. The number of rotatable bonds is 5. The number of esters is 1. The highest BCUT2D eigenvalue weighted by atomic mass is 79.9. The van der Waals surface area contributed by atoms with Crippen molar-refractivity contribution in [2.24, 2.45) is 11.8 Å². The zero-order valence-corrected chi connectivity index (χ0v) is 13.6. The molecule has 1 rings (SSSR count). The van der Waals surface area contributed by atoms with E-state index >= 15 is 0 Å². The molecule has 0 aliphatic heterocycles. The number of carbonyl (C=O) groups is 2. The fourth-order valence-corrected chi connectivity index (χ4v) is 2.33. The molecular weight excluding hydrogens is 366 g/mol. The summed E-state index contributed by atoms with van der Waals surface area (Å²) in [5.74, 6) is -0.679. The Morgan fingerprint density at radius 2 is 1.94 bits per heavy atom. The summed E-state index contributed by atoms with van der Waals surface area (Å²) in [4.78, 5) is 25.4. The van der Waals surface area contributed by atoms with Gasteiger partial charge in [0.15, 0.2) is 5.78 Å². The van der Waals surface area contributed by atoms with Crippen molar-refractivity contribution in [2.45, 2.75) is 6.42 Å². The smallest absolute Gasteiger partial charge is 0.342 e. The molecule has 4 nitrogen and oxygen atoms in total. The first kappa shape index (κ1) is 15.4. The van der Waals surface area contributed by atoms with Gasteiger partial charge in [-0.1, -0.05) is 6.08 Å². The van der Waals surface area contributed by atoms with E-state index in [0.29, 0.717) is 0 Å². The van der Waals surface area contributed by atoms with Gasteiger partial charge in [-0.3, -0.25) is 4.79 Å². The number of ketones is 1. The molecule has 2 unspecified atom stereocenters. The lowest BCUT2D eigenvalue weighted by Crippen LogP contribution is -2.19. The third-order valence-corrected chi connectivity index (χ3v) is 3.10. The number of ether oxygens (including phenoxy) is 1. The highest BCUT2D eigenvalue weighted by Crippen LogP contribution is 2.43. The van der Waals surface area contributed by atoms with Crippen molar-refractivity contribution in [3.63, 3.8) is 0 Å². The van der Waals surface area contributed by atoms with Crippen LogP contribution in [0.3, 0.4) is 0 Å². The summed E-state index contributed by atoms with van der Waals surface area (Å²) in [6.45, 7) is 0. The Morgan fingerprint density at radius 3 is 2.39 bits per heavy atom. The molecule has 0 saturated heterocycles. The molecule has 0 aromatic heterocycles. The highest BCUT2D eigenvalue weighted by molar-refractivity contribution is 9.28. The van der Waals surface area contributed by atoms with Gasteiger partial charge < -0.3 is 9.64 Å². The van der Waals surface area contributed by atoms with Gasteiger partial charge in [-0.15, -0.1) is 0 Å². The van der Waals surface area contributed by atoms with Crippen LogP contribution in [-0.4, -0.2) is 37.9 Å². The van der Waals surface area contributed by atoms with E-state index in [9.17, 15) is 9.59 Å². The van der Waals surface area contributed by atoms with E-state index in [0.717, 1.165) is 9.81 Å². The largest absolute Gasteiger partial charge is 0.465 e. The molecule has 1 fully saturated rings. The molecular formula is C12H15Br2NO3. The number of halogens is 2. The minimum Gasteiger partial charge on any atom is -0.465 e. The fourth-order valence-electron chi connectivity index (χ4n) is 1.65. The first-order valence-electron chi connectivity index (χ1n) is 5.40. The lowest BCUT2D eigenvalue weighted by atomic mass is 10.1. The average molecular weight is 381 g/mol. The number of Topliss-reactive ketones (excluding diaryl/α,β-unsaturated/α-hetero) is 1. The van der Waals surface area contributed by atoms with Crippen molar-refractivity contribution in [1.29, 1.82) is 0 Å². The molecule has 6 heteroatoms. The molecule has 0 N–H and O–H groups in total. The Labute approximate surface area is 123 Å². The Kier molecular flexibility index (Phi) is 5.59. The summed E-state index contributed by atoms with van der Waals surface area (Å²) < 4.78 is 5.47. The van der Waals surface area contributed by atoms with E-state index in [1.165, 1.54) is 13.3 Å². The minimum absolute atomic E-state index is 0.106. The zero-order valence-electron chi connectivity index (χ0n) is 10.4. The summed E-state index contributed by atoms with van der Waals surface area (Å²) in [5.41, 5.74) is 0.106. The van der Waals surface area contributed by atoms with Gasteiger partial charge in [0.05, 0.1) is 10.5 Å². The molecule has 18 heavy (non-hydrogen) atoms. The van der Waals surface area contributed by atoms with Crippen LogP contribution in [-0.2, 0) is 14.3 Å². The van der Waals surface area contributed by atoms with Gasteiger partial charge in [0, 0.05) is 26.2 Å². The maximum absolute atomic E-state index is 12.2. The average Bonchev–Trinajstić information content (AvgIpc) is 3.02. The van der Waals surface area contributed by atoms with Crippen LogP contribution < -0.4 is 0 Å². The van der Waals surface area contributed by atoms with Crippen LogP contribution in [0, 0.1) is 11.8 Å². The molecule has 0 aromatic carbocycles. The molecule has 0 radical (unpaired) electrons. The first-order chi connectivity index (χ1) is 8.36. The van der Waals surface area contributed by atoms with Gasteiger partial charge in [-0.05, 0) is 44.2 Å². The Bertz CT molecular complexity index is 412. The van der Waals surface area contributed by atoms with E-state index in [2.05, 4.69) is 36.6 Å². The van der Waals surface area contributed by atoms with Gasteiger partial charge in [-0.25, -0.2) is 4.79 Å². The van der Waals surface area contributed by atoms with Crippen LogP contribution in [0.4, 0.5) is 0 Å². The summed E-state index contributed by atoms with van der Waals surface area (Å²) in [7, 11) is 4.80. The second-order valence-electron chi connectivity index (χ2n) is 4.32. The summed E-state index contributed by atoms with van der Waals surface area (Å²) in [6.07, 6.45) is 4.20. The Morgan fingerprint density at radius 1 is 1.33 bits per heavy atom. The fraction of sp³-hybridized carbons (Fsp3) is 0.500. The number of nitrogens with zero attached hydrogens (tertiary/aromatic N) is 1. The molecule has 0 heterocycles. The van der Waals surface area contributed by atoms with Crippen LogP contribution in [0.2, 0.25) is 0 Å². The van der Waals surface area contributed by atoms with Gasteiger partial charge in [0.1, 0.15) is 5.57 Å². The van der Waals surface area contributed by atoms with Crippen molar-refractivity contribution in [2.75, 3.05) is 21.2 Å². The molecule has 1 aliphatic carbocycles. The third-order valence-electron chi connectivity index (χ3n) is 2.57. The van der Waals surface area contributed by atoms with Gasteiger partial charge >= 0.3 is 5.97 Å². The molecule has 2 atom stereocenters. The van der Waals surface area contributed by atoms with Crippen LogP contribution in [0.1, 0.15) is 6.42 Å². The monoisotopic (exact) mass is 379 g/mol. The van der Waals surface area contributed by atoms with Crippen LogP contribution in [0.15, 0.2) is 21.2 Å². The van der Waals surface area contributed by atoms with Gasteiger partial charge in [0.2, 0.25) is 0 Å². The summed E-state index contributed by atoms with van der Waals surface area (Å²) in [5, 5.41) is 0. The van der Waals surface area contributed by atoms with Crippen LogP contribution in [0.5, 0.6) is 0 Å². The lowest BCUT2D eigenvalue weighted by molar-refractivity contribution is -0.138. The second-order valence-corrected chi connectivity index (χ2v) is 7.10. The topological polar surface area (TPSA) is 46.6 Å². The van der Waals surface area contributed by atoms with Crippen molar-refractivity contribution in [1.82, 2.24) is 4.90 Å². The highest BCUT2D eigenvalue weighted by Gasteiger charge is 2.44. The van der Waals surface area contributed by atoms with E-state index in [1.54, 1.807) is 19.0 Å². The number of methoxy groups -OCH3 is 1. The number of hydrogen-bond acceptors (Lipinski definition) is 4. The number of hydrogen-bond donors (Lipinski definition) is 0. The zero-order chi connectivity index (χ0) is 13.9. The Hall–Kier alpha value is -0.620. The molecule has 1 aliphatic rings. The van der Waals surface area contributed by atoms with E-state index in [-0.39, 0.29) is 23.2 Å². The number of carbonyl (C=O) groups excluding carboxylic acids is 2. The standard InChI is InChI=1S/C12H15Br2NO3/c1-15(2)6-9(12(17)18-3)11(16)8-4-7(8)5-10(13)14/h5-8H,4H2,1-3H3/b9-6-. The quantitative estimate of drug-likeness (QED) is 0.318. The second kappa shape index (κ2) is 6.52. The van der Waals surface area contributed by atoms with Gasteiger partial charge in [0.25, 0.3) is 0 Å². The predicted octanol–water partition coefficient (Wildman–Crippen LogP) is 2.44. The van der Waals surface area contributed by atoms with Crippen molar-refractivity contribution in [3.8, 4) is 0 Å². The molecule has 0 aromatic rings. The van der Waals surface area contributed by atoms with Crippen molar-refractivity contribution >= 4 is 43.6 Å². The van der Waals surface area contributed by atoms with E-state index < -0.39 is 5.97 Å². The van der Waals surface area contributed by atoms with E-state index in [1.807, 2.05) is 6.08 Å². The molecule has 1 saturated carbocycles. The lowest BCUT2D eigenvalue weighted by Gasteiger charge is -2.09. The summed E-state index contributed by atoms with van der Waals surface area (Å²) >= 11 is 6.53. The van der Waals surface area contributed by atoms with Crippen molar-refractivity contribution in [3.05, 3.63) is 21.2 Å². The van der Waals surface area contributed by atoms with Crippen LogP contribution in [0.25, 0.3) is 0 Å². The maximum atomic E-state index is 12.2. The number of allylic oxidation sites excluding steroid dienone is 1. The predicted molar refractivity (Wildman–Crippen MR) is 76.3 cm³/mol. The third kappa shape index (κ3) is 4.24. The molecule has 0 bridgehead atoms. The van der Waals surface area contributed by atoms with Crippen molar-refractivity contribution < 1.29 is 14.3 Å². The molecule has 100 valence electrons. The molecule has 0 amide bonds.